The minimum absolute atomic E-state index is 0.246. The number of H-pyrrole nitrogens is 1. The van der Waals surface area contributed by atoms with Crippen LogP contribution in [-0.2, 0) is 4.79 Å². The van der Waals surface area contributed by atoms with E-state index in [1.807, 2.05) is 0 Å². The van der Waals surface area contributed by atoms with E-state index >= 15 is 0 Å². The Bertz CT molecular complexity index is 1290. The molecule has 4 aromatic heterocycles. The van der Waals surface area contributed by atoms with Crippen molar-refractivity contribution >= 4 is 17.1 Å². The zero-order valence-electron chi connectivity index (χ0n) is 15.6. The number of aromatic nitrogens is 6. The van der Waals surface area contributed by atoms with E-state index in [4.69, 9.17) is 11.0 Å². The summed E-state index contributed by atoms with van der Waals surface area (Å²) in [5.74, 6) is -5.55. The molecule has 2 unspecified atom stereocenters. The van der Waals surface area contributed by atoms with Crippen LogP contribution in [0.5, 0.6) is 0 Å². The molecule has 31 heavy (non-hydrogen) atoms. The van der Waals surface area contributed by atoms with E-state index < -0.39 is 23.9 Å². The number of imidazole rings is 1. The maximum atomic E-state index is 13.5. The van der Waals surface area contributed by atoms with Crippen LogP contribution in [-0.4, -0.2) is 41.8 Å². The second kappa shape index (κ2) is 7.52. The number of amides is 1. The summed E-state index contributed by atoms with van der Waals surface area (Å²) in [6.45, 7) is 0. The number of alkyl halides is 3. The number of nitrogens with zero attached hydrogens (tertiary/aromatic N) is 6. The normalized spacial score (nSPS) is 13.6. The van der Waals surface area contributed by atoms with Crippen LogP contribution in [0.25, 0.3) is 28.1 Å². The van der Waals surface area contributed by atoms with Gasteiger partial charge in [-0.05, 0) is 17.7 Å². The van der Waals surface area contributed by atoms with Crippen LogP contribution in [0.2, 0.25) is 0 Å². The number of nitrogens with two attached hydrogens (primary N) is 1. The summed E-state index contributed by atoms with van der Waals surface area (Å²) in [7, 11) is 0. The largest absolute Gasteiger partial charge is 0.397 e. The lowest BCUT2D eigenvalue weighted by Gasteiger charge is -2.22. The van der Waals surface area contributed by atoms with Crippen molar-refractivity contribution in [1.29, 1.82) is 5.26 Å². The molecular weight excluding hydrogens is 413 g/mol. The fourth-order valence-corrected chi connectivity index (χ4v) is 3.26. The quantitative estimate of drug-likeness (QED) is 0.503. The number of nitrogens with one attached hydrogen (secondary N) is 1. The molecule has 0 spiro atoms. The summed E-state index contributed by atoms with van der Waals surface area (Å²) < 4.78 is 41.9. The fraction of sp³-hybridized carbons (Fsp3) is 0.158. The van der Waals surface area contributed by atoms with Gasteiger partial charge < -0.3 is 10.7 Å². The highest BCUT2D eigenvalue weighted by Gasteiger charge is 2.48. The van der Waals surface area contributed by atoms with Crippen LogP contribution in [0.15, 0.2) is 49.3 Å². The molecule has 0 fully saturated rings. The molecule has 0 aliphatic rings. The minimum Gasteiger partial charge on any atom is -0.369 e. The van der Waals surface area contributed by atoms with Crippen LogP contribution >= 0.6 is 0 Å². The summed E-state index contributed by atoms with van der Waals surface area (Å²) in [6, 6.07) is 5.56. The van der Waals surface area contributed by atoms with E-state index in [2.05, 4.69) is 25.0 Å². The van der Waals surface area contributed by atoms with Gasteiger partial charge in [-0.15, -0.1) is 0 Å². The summed E-state index contributed by atoms with van der Waals surface area (Å²) in [5.41, 5.74) is 7.36. The number of primary amides is 1. The zero-order chi connectivity index (χ0) is 22.2. The average Bonchev–Trinajstić information content (AvgIpc) is 3.40. The van der Waals surface area contributed by atoms with Gasteiger partial charge in [0.05, 0.1) is 18.6 Å². The third kappa shape index (κ3) is 3.68. The van der Waals surface area contributed by atoms with Gasteiger partial charge in [0.25, 0.3) is 0 Å². The maximum Gasteiger partial charge on any atom is 0.397 e. The van der Waals surface area contributed by atoms with Crippen LogP contribution in [0.1, 0.15) is 11.5 Å². The van der Waals surface area contributed by atoms with Crippen molar-refractivity contribution in [1.82, 2.24) is 29.7 Å². The Kier molecular flexibility index (Phi) is 4.86. The van der Waals surface area contributed by atoms with Gasteiger partial charge in [0.1, 0.15) is 17.4 Å². The Balaban J connectivity index is 1.67. The topological polar surface area (TPSA) is 139 Å². The first-order valence-electron chi connectivity index (χ1n) is 8.84. The van der Waals surface area contributed by atoms with Crippen molar-refractivity contribution < 1.29 is 18.0 Å². The number of fused-ring (bicyclic) bond motifs is 1. The van der Waals surface area contributed by atoms with Crippen molar-refractivity contribution in [2.24, 2.45) is 11.7 Å². The highest BCUT2D eigenvalue weighted by atomic mass is 19.4. The van der Waals surface area contributed by atoms with E-state index in [-0.39, 0.29) is 11.4 Å². The molecule has 0 aliphatic heterocycles. The van der Waals surface area contributed by atoms with Gasteiger partial charge in [-0.25, -0.2) is 19.6 Å². The van der Waals surface area contributed by atoms with E-state index in [1.54, 1.807) is 24.7 Å². The molecule has 4 rings (SSSR count). The number of hydrogen-bond donors (Lipinski definition) is 2. The van der Waals surface area contributed by atoms with Crippen molar-refractivity contribution in [3.8, 4) is 23.0 Å². The third-order valence-corrected chi connectivity index (χ3v) is 4.71. The molecule has 1 amide bonds. The van der Waals surface area contributed by atoms with Gasteiger partial charge in [-0.3, -0.25) is 4.79 Å². The molecule has 2 atom stereocenters. The van der Waals surface area contributed by atoms with Crippen LogP contribution in [0.3, 0.4) is 0 Å². The smallest absolute Gasteiger partial charge is 0.369 e. The first kappa shape index (κ1) is 20.0. The summed E-state index contributed by atoms with van der Waals surface area (Å²) >= 11 is 0. The molecule has 3 N–H and O–H groups in total. The van der Waals surface area contributed by atoms with E-state index in [0.717, 1.165) is 17.8 Å². The number of hydrogen-bond acceptors (Lipinski definition) is 6. The lowest BCUT2D eigenvalue weighted by atomic mass is 9.86. The second-order valence-electron chi connectivity index (χ2n) is 6.61. The fourth-order valence-electron chi connectivity index (χ4n) is 3.26. The number of rotatable bonds is 5. The number of halogens is 3. The van der Waals surface area contributed by atoms with E-state index in [9.17, 15) is 18.0 Å². The van der Waals surface area contributed by atoms with Gasteiger partial charge in [0, 0.05) is 29.7 Å². The summed E-state index contributed by atoms with van der Waals surface area (Å²) in [5, 5.41) is 13.2. The SMILES string of the molecule is N#CC(C(N)=O)C(c1ccc(-n2cc(-c3ccnc4[nH]cnc34)cn2)nc1)C(F)(F)F. The number of carbonyl (C=O) groups is 1. The number of aromatic amines is 1. The van der Waals surface area contributed by atoms with Gasteiger partial charge in [0.15, 0.2) is 11.5 Å². The van der Waals surface area contributed by atoms with E-state index in [1.165, 1.54) is 23.1 Å². The molecule has 0 aliphatic carbocycles. The number of carbonyl (C=O) groups excluding carboxylic acids is 1. The highest BCUT2D eigenvalue weighted by Crippen LogP contribution is 2.40. The molecule has 4 heterocycles. The van der Waals surface area contributed by atoms with Crippen molar-refractivity contribution in [2.75, 3.05) is 0 Å². The van der Waals surface area contributed by atoms with Gasteiger partial charge in [0.2, 0.25) is 5.91 Å². The Morgan fingerprint density at radius 3 is 2.65 bits per heavy atom. The molecule has 12 heteroatoms. The lowest BCUT2D eigenvalue weighted by Crippen LogP contribution is -2.35. The maximum absolute atomic E-state index is 13.5. The third-order valence-electron chi connectivity index (χ3n) is 4.71. The molecule has 4 aromatic rings. The Morgan fingerprint density at radius 2 is 2.00 bits per heavy atom. The van der Waals surface area contributed by atoms with Crippen molar-refractivity contribution in [2.45, 2.75) is 12.1 Å². The summed E-state index contributed by atoms with van der Waals surface area (Å²) in [4.78, 5) is 26.7. The minimum atomic E-state index is -4.85. The van der Waals surface area contributed by atoms with Crippen molar-refractivity contribution in [3.63, 3.8) is 0 Å². The Morgan fingerprint density at radius 1 is 1.19 bits per heavy atom. The summed E-state index contributed by atoms with van der Waals surface area (Å²) in [6.07, 6.45) is 2.45. The molecule has 0 saturated carbocycles. The molecule has 9 nitrogen and oxygen atoms in total. The first-order valence-corrected chi connectivity index (χ1v) is 8.84. The molecule has 0 aromatic carbocycles. The number of nitriles is 1. The van der Waals surface area contributed by atoms with Crippen molar-refractivity contribution in [3.05, 3.63) is 54.9 Å². The van der Waals surface area contributed by atoms with E-state index in [0.29, 0.717) is 16.7 Å². The Labute approximate surface area is 172 Å². The van der Waals surface area contributed by atoms with Gasteiger partial charge in [-0.1, -0.05) is 6.07 Å². The molecular formula is C19H13F3N8O. The standard InChI is InChI=1S/C19H13F3N8O/c20-19(21,22)15(13(5-23)17(24)31)10-1-2-14(26-6-10)30-8-11(7-29-30)12-3-4-25-18-16(12)27-9-28-18/h1-4,6-9,13,15H,(H2,24,31)(H,25,27,28). The van der Waals surface area contributed by atoms with Crippen LogP contribution in [0.4, 0.5) is 13.2 Å². The predicted molar refractivity (Wildman–Crippen MR) is 101 cm³/mol. The number of pyridine rings is 2. The van der Waals surface area contributed by atoms with Gasteiger partial charge >= 0.3 is 6.18 Å². The predicted octanol–water partition coefficient (Wildman–Crippen LogP) is 2.48. The molecule has 0 bridgehead atoms. The molecule has 156 valence electrons. The molecule has 0 saturated heterocycles. The molecule has 0 radical (unpaired) electrons. The zero-order valence-corrected chi connectivity index (χ0v) is 15.6. The lowest BCUT2D eigenvalue weighted by molar-refractivity contribution is -0.163. The van der Waals surface area contributed by atoms with Gasteiger partial charge in [-0.2, -0.15) is 23.5 Å². The monoisotopic (exact) mass is 426 g/mol. The van der Waals surface area contributed by atoms with Crippen LogP contribution < -0.4 is 5.73 Å². The van der Waals surface area contributed by atoms with Crippen LogP contribution in [0, 0.1) is 17.2 Å². The second-order valence-corrected chi connectivity index (χ2v) is 6.61. The average molecular weight is 426 g/mol. The highest BCUT2D eigenvalue weighted by molar-refractivity contribution is 5.88. The first-order chi connectivity index (χ1) is 14.8. The Hall–Kier alpha value is -4.27.